The van der Waals surface area contributed by atoms with Crippen molar-refractivity contribution in [2.24, 2.45) is 11.8 Å². The number of fused-ring (bicyclic) bond motifs is 1. The van der Waals surface area contributed by atoms with Crippen molar-refractivity contribution < 1.29 is 0 Å². The smallest absolute Gasteiger partial charge is 0.160 e. The molecule has 5 heteroatoms. The normalized spacial score (nSPS) is 27.1. The van der Waals surface area contributed by atoms with Crippen molar-refractivity contribution in [3.8, 4) is 0 Å². The Kier molecular flexibility index (Phi) is 4.04. The van der Waals surface area contributed by atoms with Gasteiger partial charge in [0.25, 0.3) is 0 Å². The number of pyridine rings is 1. The lowest BCUT2D eigenvalue weighted by molar-refractivity contribution is 0.211. The van der Waals surface area contributed by atoms with Crippen LogP contribution in [0.15, 0.2) is 16.7 Å². The minimum Gasteiger partial charge on any atom is -0.309 e. The molecule has 3 rings (SSSR count). The molecular formula is C15H19BrClN3. The van der Waals surface area contributed by atoms with Crippen LogP contribution >= 0.6 is 27.5 Å². The highest BCUT2D eigenvalue weighted by Crippen LogP contribution is 2.38. The maximum Gasteiger partial charge on any atom is 0.160 e. The molecule has 0 amide bonds. The predicted octanol–water partition coefficient (Wildman–Crippen LogP) is 4.93. The van der Waals surface area contributed by atoms with Crippen molar-refractivity contribution in [2.45, 2.75) is 45.0 Å². The average molecular weight is 357 g/mol. The first-order valence-corrected chi connectivity index (χ1v) is 8.51. The minimum absolute atomic E-state index is 0.439. The molecule has 0 aliphatic heterocycles. The van der Waals surface area contributed by atoms with Crippen LogP contribution < -0.4 is 0 Å². The second-order valence-corrected chi connectivity index (χ2v) is 7.13. The van der Waals surface area contributed by atoms with Gasteiger partial charge < -0.3 is 4.57 Å². The van der Waals surface area contributed by atoms with Gasteiger partial charge in [0.1, 0.15) is 11.3 Å². The van der Waals surface area contributed by atoms with Crippen molar-refractivity contribution in [1.29, 1.82) is 0 Å². The Labute approximate surface area is 132 Å². The molecule has 0 N–H and O–H groups in total. The molecule has 3 atom stereocenters. The van der Waals surface area contributed by atoms with Crippen LogP contribution in [-0.4, -0.2) is 14.5 Å². The largest absolute Gasteiger partial charge is 0.309 e. The van der Waals surface area contributed by atoms with Gasteiger partial charge in [0.05, 0.1) is 5.88 Å². The fourth-order valence-electron chi connectivity index (χ4n) is 3.24. The van der Waals surface area contributed by atoms with Gasteiger partial charge in [-0.15, -0.1) is 11.6 Å². The molecule has 0 aromatic carbocycles. The summed E-state index contributed by atoms with van der Waals surface area (Å²) in [5.74, 6) is 2.93. The highest BCUT2D eigenvalue weighted by molar-refractivity contribution is 9.10. The second kappa shape index (κ2) is 5.64. The summed E-state index contributed by atoms with van der Waals surface area (Å²) in [5, 5.41) is 0. The summed E-state index contributed by atoms with van der Waals surface area (Å²) in [6.45, 7) is 4.70. The van der Waals surface area contributed by atoms with E-state index in [0.29, 0.717) is 11.9 Å². The quantitative estimate of drug-likeness (QED) is 0.714. The van der Waals surface area contributed by atoms with Crippen molar-refractivity contribution >= 4 is 38.7 Å². The molecule has 0 saturated heterocycles. The van der Waals surface area contributed by atoms with Gasteiger partial charge in [-0.2, -0.15) is 0 Å². The van der Waals surface area contributed by atoms with E-state index >= 15 is 0 Å². The van der Waals surface area contributed by atoms with Gasteiger partial charge in [0, 0.05) is 16.7 Å². The van der Waals surface area contributed by atoms with Crippen molar-refractivity contribution in [3.05, 3.63) is 22.6 Å². The fourth-order valence-corrected chi connectivity index (χ4v) is 3.74. The molecule has 0 bridgehead atoms. The topological polar surface area (TPSA) is 30.7 Å². The van der Waals surface area contributed by atoms with E-state index in [1.54, 1.807) is 0 Å². The summed E-state index contributed by atoms with van der Waals surface area (Å²) >= 11 is 9.56. The number of alkyl halides is 1. The highest BCUT2D eigenvalue weighted by atomic mass is 79.9. The van der Waals surface area contributed by atoms with E-state index in [0.717, 1.165) is 33.3 Å². The molecule has 20 heavy (non-hydrogen) atoms. The molecule has 1 saturated carbocycles. The van der Waals surface area contributed by atoms with E-state index < -0.39 is 0 Å². The Hall–Kier alpha value is -0.610. The molecule has 3 unspecified atom stereocenters. The molecule has 1 aliphatic carbocycles. The van der Waals surface area contributed by atoms with E-state index in [2.05, 4.69) is 44.3 Å². The molecule has 1 aliphatic rings. The SMILES string of the molecule is CC1CCC(n2c(CCl)nc3cc(Br)cnc32)CC1C. The molecule has 1 fully saturated rings. The lowest BCUT2D eigenvalue weighted by Gasteiger charge is -2.33. The Balaban J connectivity index is 2.05. The molecule has 2 heterocycles. The number of halogens is 2. The van der Waals surface area contributed by atoms with Crippen molar-refractivity contribution in [3.63, 3.8) is 0 Å². The molecule has 2 aromatic heterocycles. The summed E-state index contributed by atoms with van der Waals surface area (Å²) in [6, 6.07) is 2.50. The van der Waals surface area contributed by atoms with Gasteiger partial charge in [-0.1, -0.05) is 13.8 Å². The maximum atomic E-state index is 6.10. The van der Waals surface area contributed by atoms with Crippen LogP contribution in [0.25, 0.3) is 11.2 Å². The van der Waals surface area contributed by atoms with Crippen LogP contribution in [-0.2, 0) is 5.88 Å². The van der Waals surface area contributed by atoms with Gasteiger partial charge in [0.2, 0.25) is 0 Å². The predicted molar refractivity (Wildman–Crippen MR) is 86.0 cm³/mol. The summed E-state index contributed by atoms with van der Waals surface area (Å²) in [4.78, 5) is 9.21. The molecule has 0 spiro atoms. The van der Waals surface area contributed by atoms with E-state index in [1.165, 1.54) is 19.3 Å². The second-order valence-electron chi connectivity index (χ2n) is 5.95. The Morgan fingerprint density at radius 2 is 2.15 bits per heavy atom. The number of hydrogen-bond acceptors (Lipinski definition) is 2. The third-order valence-corrected chi connectivity index (χ3v) is 5.30. The van der Waals surface area contributed by atoms with Gasteiger partial charge in [0.15, 0.2) is 5.65 Å². The summed E-state index contributed by atoms with van der Waals surface area (Å²) < 4.78 is 3.23. The van der Waals surface area contributed by atoms with E-state index in [-0.39, 0.29) is 0 Å². The fraction of sp³-hybridized carbons (Fsp3) is 0.600. The van der Waals surface area contributed by atoms with Crippen LogP contribution in [0.4, 0.5) is 0 Å². The van der Waals surface area contributed by atoms with E-state index in [4.69, 9.17) is 11.6 Å². The summed E-state index contributed by atoms with van der Waals surface area (Å²) in [6.07, 6.45) is 5.49. The van der Waals surface area contributed by atoms with Gasteiger partial charge in [-0.3, -0.25) is 0 Å². The minimum atomic E-state index is 0.439. The van der Waals surface area contributed by atoms with Crippen molar-refractivity contribution in [1.82, 2.24) is 14.5 Å². The third-order valence-electron chi connectivity index (χ3n) is 4.62. The Morgan fingerprint density at radius 1 is 1.35 bits per heavy atom. The zero-order valence-corrected chi connectivity index (χ0v) is 14.2. The van der Waals surface area contributed by atoms with Crippen LogP contribution in [0.2, 0.25) is 0 Å². The maximum absolute atomic E-state index is 6.10. The van der Waals surface area contributed by atoms with Crippen LogP contribution in [0.3, 0.4) is 0 Å². The van der Waals surface area contributed by atoms with Gasteiger partial charge in [-0.05, 0) is 53.1 Å². The molecule has 2 aromatic rings. The zero-order valence-electron chi connectivity index (χ0n) is 11.8. The molecular weight excluding hydrogens is 338 g/mol. The number of aromatic nitrogens is 3. The van der Waals surface area contributed by atoms with Crippen LogP contribution in [0.1, 0.15) is 45.0 Å². The van der Waals surface area contributed by atoms with Gasteiger partial charge in [-0.25, -0.2) is 9.97 Å². The highest BCUT2D eigenvalue weighted by Gasteiger charge is 2.28. The van der Waals surface area contributed by atoms with Crippen molar-refractivity contribution in [2.75, 3.05) is 0 Å². The number of imidazole rings is 1. The lowest BCUT2D eigenvalue weighted by Crippen LogP contribution is -2.24. The lowest BCUT2D eigenvalue weighted by atomic mass is 9.79. The Morgan fingerprint density at radius 3 is 2.85 bits per heavy atom. The zero-order chi connectivity index (χ0) is 14.3. The van der Waals surface area contributed by atoms with Crippen LogP contribution in [0, 0.1) is 11.8 Å². The van der Waals surface area contributed by atoms with E-state index in [9.17, 15) is 0 Å². The molecule has 3 nitrogen and oxygen atoms in total. The standard InChI is InChI=1S/C15H19BrClN3/c1-9-3-4-12(5-10(9)2)20-14(7-17)19-13-6-11(16)8-18-15(13)20/h6,8-10,12H,3-5,7H2,1-2H3. The first kappa shape index (κ1) is 14.3. The number of hydrogen-bond donors (Lipinski definition) is 0. The number of rotatable bonds is 2. The molecule has 108 valence electrons. The number of nitrogens with zero attached hydrogens (tertiary/aromatic N) is 3. The average Bonchev–Trinajstić information content (AvgIpc) is 2.79. The summed E-state index contributed by atoms with van der Waals surface area (Å²) in [5.41, 5.74) is 1.90. The third kappa shape index (κ3) is 2.48. The monoisotopic (exact) mass is 355 g/mol. The van der Waals surface area contributed by atoms with E-state index in [1.807, 2.05) is 12.3 Å². The first-order valence-electron chi connectivity index (χ1n) is 7.18. The first-order chi connectivity index (χ1) is 9.60. The van der Waals surface area contributed by atoms with Gasteiger partial charge >= 0.3 is 0 Å². The summed E-state index contributed by atoms with van der Waals surface area (Å²) in [7, 11) is 0. The van der Waals surface area contributed by atoms with Crippen LogP contribution in [0.5, 0.6) is 0 Å². The molecule has 0 radical (unpaired) electrons. The Bertz CT molecular complexity index is 625.